The van der Waals surface area contributed by atoms with Crippen LogP contribution in [0.2, 0.25) is 0 Å². The molecule has 0 atom stereocenters. The summed E-state index contributed by atoms with van der Waals surface area (Å²) in [6.45, 7) is 9.44. The molecule has 0 bridgehead atoms. The molecule has 258 valence electrons. The fraction of sp³-hybridized carbons (Fsp3) is 0.115. The molecule has 2 heteroatoms. The molecule has 54 heavy (non-hydrogen) atoms. The van der Waals surface area contributed by atoms with Gasteiger partial charge in [-0.1, -0.05) is 143 Å². The minimum absolute atomic E-state index is 0.116. The number of anilines is 3. The highest BCUT2D eigenvalue weighted by atomic mass is 16.3. The van der Waals surface area contributed by atoms with Crippen molar-refractivity contribution in [1.29, 1.82) is 0 Å². The largest absolute Gasteiger partial charge is 0.455 e. The van der Waals surface area contributed by atoms with Crippen LogP contribution in [0.1, 0.15) is 49.9 Å². The van der Waals surface area contributed by atoms with Crippen LogP contribution in [0.5, 0.6) is 0 Å². The van der Waals surface area contributed by atoms with Crippen LogP contribution in [-0.2, 0) is 10.8 Å². The highest BCUT2D eigenvalue weighted by Crippen LogP contribution is 2.53. The van der Waals surface area contributed by atoms with Crippen LogP contribution in [-0.4, -0.2) is 0 Å². The molecule has 2 nitrogen and oxygen atoms in total. The standard InChI is InChI=1S/C52H39NO/c1-51(2)44-20-12-10-18-38(44)40-25-22-35(30-46(40)51)53(36-23-26-41-39-19-11-13-21-45(39)52(3,4)47(41)31-36)34-24-27-48-42(29-34)43-28-33-16-8-9-17-37(33)49(50(43)54-48)32-14-6-5-7-15-32/h5-31H,1-4H3. The lowest BCUT2D eigenvalue weighted by Crippen LogP contribution is -2.18. The number of hydrogen-bond donors (Lipinski definition) is 0. The lowest BCUT2D eigenvalue weighted by Gasteiger charge is -2.29. The lowest BCUT2D eigenvalue weighted by molar-refractivity contribution is 0.660. The summed E-state index contributed by atoms with van der Waals surface area (Å²) in [5.41, 5.74) is 18.0. The third-order valence-electron chi connectivity index (χ3n) is 12.4. The summed E-state index contributed by atoms with van der Waals surface area (Å²) in [4.78, 5) is 2.45. The van der Waals surface area contributed by atoms with Gasteiger partial charge in [-0.15, -0.1) is 0 Å². The van der Waals surface area contributed by atoms with Gasteiger partial charge in [0.1, 0.15) is 11.2 Å². The number of nitrogens with zero attached hydrogens (tertiary/aromatic N) is 1. The topological polar surface area (TPSA) is 16.4 Å². The summed E-state index contributed by atoms with van der Waals surface area (Å²) in [5, 5.41) is 4.63. The van der Waals surface area contributed by atoms with E-state index in [1.165, 1.54) is 55.3 Å². The van der Waals surface area contributed by atoms with Crippen molar-refractivity contribution < 1.29 is 4.42 Å². The summed E-state index contributed by atoms with van der Waals surface area (Å²) >= 11 is 0. The molecule has 9 aromatic rings. The monoisotopic (exact) mass is 693 g/mol. The van der Waals surface area contributed by atoms with Crippen molar-refractivity contribution in [3.8, 4) is 33.4 Å². The summed E-state index contributed by atoms with van der Waals surface area (Å²) in [7, 11) is 0. The molecule has 11 rings (SSSR count). The molecule has 0 unspecified atom stereocenters. The molecule has 0 saturated heterocycles. The number of rotatable bonds is 4. The first-order chi connectivity index (χ1) is 26.3. The Morgan fingerprint density at radius 1 is 0.407 bits per heavy atom. The van der Waals surface area contributed by atoms with Gasteiger partial charge in [-0.3, -0.25) is 0 Å². The third-order valence-corrected chi connectivity index (χ3v) is 12.4. The van der Waals surface area contributed by atoms with Crippen LogP contribution in [0.25, 0.3) is 66.1 Å². The van der Waals surface area contributed by atoms with Crippen molar-refractivity contribution in [1.82, 2.24) is 0 Å². The van der Waals surface area contributed by atoms with Gasteiger partial charge >= 0.3 is 0 Å². The van der Waals surface area contributed by atoms with Crippen molar-refractivity contribution in [2.45, 2.75) is 38.5 Å². The van der Waals surface area contributed by atoms with Gasteiger partial charge in [0.25, 0.3) is 0 Å². The SMILES string of the molecule is CC1(C)c2ccccc2-c2ccc(N(c3ccc4c(c3)C(C)(C)c3ccccc3-4)c3ccc4oc5c(-c6ccccc6)c6ccccc6cc5c4c3)cc21. The van der Waals surface area contributed by atoms with E-state index in [1.54, 1.807) is 0 Å². The maximum absolute atomic E-state index is 6.82. The number of furan rings is 1. The molecule has 0 spiro atoms. The summed E-state index contributed by atoms with van der Waals surface area (Å²) < 4.78 is 6.82. The Morgan fingerprint density at radius 2 is 0.926 bits per heavy atom. The normalized spacial score (nSPS) is 14.6. The fourth-order valence-electron chi connectivity index (χ4n) is 9.70. The van der Waals surface area contributed by atoms with Gasteiger partial charge in [-0.25, -0.2) is 0 Å². The predicted molar refractivity (Wildman–Crippen MR) is 226 cm³/mol. The molecule has 0 aliphatic heterocycles. The first-order valence-corrected chi connectivity index (χ1v) is 19.0. The van der Waals surface area contributed by atoms with E-state index in [9.17, 15) is 0 Å². The fourth-order valence-corrected chi connectivity index (χ4v) is 9.70. The zero-order valence-electron chi connectivity index (χ0n) is 30.9. The van der Waals surface area contributed by atoms with E-state index in [0.717, 1.165) is 50.1 Å². The van der Waals surface area contributed by atoms with Crippen LogP contribution in [0.3, 0.4) is 0 Å². The van der Waals surface area contributed by atoms with E-state index < -0.39 is 0 Å². The van der Waals surface area contributed by atoms with Gasteiger partial charge < -0.3 is 9.32 Å². The van der Waals surface area contributed by atoms with E-state index in [4.69, 9.17) is 4.42 Å². The Bertz CT molecular complexity index is 2890. The number of fused-ring (bicyclic) bond motifs is 10. The van der Waals surface area contributed by atoms with Gasteiger partial charge in [-0.2, -0.15) is 0 Å². The van der Waals surface area contributed by atoms with Crippen molar-refractivity contribution >= 4 is 49.8 Å². The first kappa shape index (κ1) is 31.2. The summed E-state index contributed by atoms with van der Waals surface area (Å²) in [5.74, 6) is 0. The second-order valence-corrected chi connectivity index (χ2v) is 16.1. The Kier molecular flexibility index (Phi) is 6.39. The van der Waals surface area contributed by atoms with E-state index in [-0.39, 0.29) is 10.8 Å². The quantitative estimate of drug-likeness (QED) is 0.182. The van der Waals surface area contributed by atoms with E-state index >= 15 is 0 Å². The molecule has 0 N–H and O–H groups in total. The molecule has 0 saturated carbocycles. The highest BCUT2D eigenvalue weighted by molar-refractivity contribution is 6.18. The van der Waals surface area contributed by atoms with Gasteiger partial charge in [0.2, 0.25) is 0 Å². The van der Waals surface area contributed by atoms with E-state index in [0.29, 0.717) is 0 Å². The highest BCUT2D eigenvalue weighted by Gasteiger charge is 2.37. The molecule has 0 amide bonds. The Balaban J connectivity index is 1.15. The molecule has 1 aromatic heterocycles. The third kappa shape index (κ3) is 4.28. The molecular formula is C52H39NO. The van der Waals surface area contributed by atoms with Gasteiger partial charge in [0, 0.05) is 44.2 Å². The van der Waals surface area contributed by atoms with Crippen molar-refractivity contribution in [3.05, 3.63) is 186 Å². The van der Waals surface area contributed by atoms with Crippen LogP contribution in [0.15, 0.2) is 168 Å². The van der Waals surface area contributed by atoms with Crippen molar-refractivity contribution in [2.24, 2.45) is 0 Å². The number of hydrogen-bond acceptors (Lipinski definition) is 2. The second kappa shape index (κ2) is 11.1. The van der Waals surface area contributed by atoms with Gasteiger partial charge in [0.05, 0.1) is 0 Å². The summed E-state index contributed by atoms with van der Waals surface area (Å²) in [6, 6.07) is 60.3. The zero-order chi connectivity index (χ0) is 36.3. The number of benzene rings is 8. The Morgan fingerprint density at radius 3 is 1.57 bits per heavy atom. The van der Waals surface area contributed by atoms with Crippen molar-refractivity contribution in [3.63, 3.8) is 0 Å². The smallest absolute Gasteiger partial charge is 0.143 e. The molecular weight excluding hydrogens is 655 g/mol. The average Bonchev–Trinajstić information content (AvgIpc) is 3.76. The second-order valence-electron chi connectivity index (χ2n) is 16.1. The molecule has 1 heterocycles. The first-order valence-electron chi connectivity index (χ1n) is 19.0. The lowest BCUT2D eigenvalue weighted by atomic mass is 9.82. The van der Waals surface area contributed by atoms with E-state index in [2.05, 4.69) is 196 Å². The molecule has 0 radical (unpaired) electrons. The van der Waals surface area contributed by atoms with Crippen molar-refractivity contribution in [2.75, 3.05) is 4.90 Å². The Labute approximate surface area is 315 Å². The molecule has 2 aliphatic rings. The minimum atomic E-state index is -0.116. The van der Waals surface area contributed by atoms with Gasteiger partial charge in [-0.05, 0) is 109 Å². The van der Waals surface area contributed by atoms with Crippen LogP contribution >= 0.6 is 0 Å². The maximum atomic E-state index is 6.82. The minimum Gasteiger partial charge on any atom is -0.455 e. The predicted octanol–water partition coefficient (Wildman–Crippen LogP) is 14.5. The van der Waals surface area contributed by atoms with Crippen LogP contribution < -0.4 is 4.90 Å². The summed E-state index contributed by atoms with van der Waals surface area (Å²) in [6.07, 6.45) is 0. The van der Waals surface area contributed by atoms with E-state index in [1.807, 2.05) is 0 Å². The Hall–Kier alpha value is -6.38. The molecule has 0 fully saturated rings. The molecule has 8 aromatic carbocycles. The molecule has 2 aliphatic carbocycles. The average molecular weight is 694 g/mol. The van der Waals surface area contributed by atoms with Gasteiger partial charge in [0.15, 0.2) is 0 Å². The van der Waals surface area contributed by atoms with Crippen LogP contribution in [0.4, 0.5) is 17.1 Å². The zero-order valence-corrected chi connectivity index (χ0v) is 30.9. The van der Waals surface area contributed by atoms with Crippen LogP contribution in [0, 0.1) is 0 Å². The maximum Gasteiger partial charge on any atom is 0.143 e.